The van der Waals surface area contributed by atoms with Crippen molar-refractivity contribution in [3.05, 3.63) is 0 Å². The molecule has 0 aromatic heterocycles. The maximum absolute atomic E-state index is 10.4. The van der Waals surface area contributed by atoms with Gasteiger partial charge in [-0.2, -0.15) is 0 Å². The molecule has 1 rings (SSSR count). The predicted molar refractivity (Wildman–Crippen MR) is 37.2 cm³/mol. The molecule has 0 N–H and O–H groups in total. The second-order valence-corrected chi connectivity index (χ2v) is 3.06. The van der Waals surface area contributed by atoms with E-state index < -0.39 is 0 Å². The molecule has 0 aromatic carbocycles. The van der Waals surface area contributed by atoms with Gasteiger partial charge < -0.3 is 4.79 Å². The number of hydrogen-bond donors (Lipinski definition) is 0. The standard InChI is InChI=1S/C8H14O/c1-7-4-2-3-5-8(7)6-9/h6-8H,2-5H2,1H3/t7-,8?/m1/s1. The zero-order valence-electron chi connectivity index (χ0n) is 5.97. The molecule has 1 aliphatic carbocycles. The second kappa shape index (κ2) is 3.00. The van der Waals surface area contributed by atoms with Crippen LogP contribution in [0.3, 0.4) is 0 Å². The highest BCUT2D eigenvalue weighted by Gasteiger charge is 2.19. The van der Waals surface area contributed by atoms with Crippen LogP contribution in [-0.2, 0) is 4.79 Å². The zero-order valence-corrected chi connectivity index (χ0v) is 5.97. The van der Waals surface area contributed by atoms with Crippen molar-refractivity contribution in [2.45, 2.75) is 32.6 Å². The van der Waals surface area contributed by atoms with Gasteiger partial charge in [-0.25, -0.2) is 0 Å². The van der Waals surface area contributed by atoms with E-state index in [0.717, 1.165) is 12.7 Å². The Kier molecular flexibility index (Phi) is 2.26. The maximum atomic E-state index is 10.4. The highest BCUT2D eigenvalue weighted by atomic mass is 16.1. The SMILES string of the molecule is C[C@@H]1CCCCC1C=O. The molecule has 0 amide bonds. The summed E-state index contributed by atoms with van der Waals surface area (Å²) in [5.74, 6) is 1.02. The first-order chi connectivity index (χ1) is 4.34. The Labute approximate surface area is 56.4 Å². The molecule has 1 unspecified atom stereocenters. The summed E-state index contributed by atoms with van der Waals surface area (Å²) in [4.78, 5) is 10.4. The summed E-state index contributed by atoms with van der Waals surface area (Å²) in [6.45, 7) is 2.18. The monoisotopic (exact) mass is 126 g/mol. The van der Waals surface area contributed by atoms with Crippen molar-refractivity contribution in [3.63, 3.8) is 0 Å². The van der Waals surface area contributed by atoms with Gasteiger partial charge in [0.1, 0.15) is 6.29 Å². The third kappa shape index (κ3) is 1.54. The van der Waals surface area contributed by atoms with Gasteiger partial charge in [-0.05, 0) is 12.3 Å². The molecule has 0 aromatic rings. The van der Waals surface area contributed by atoms with Crippen LogP contribution in [0.15, 0.2) is 0 Å². The van der Waals surface area contributed by atoms with Crippen molar-refractivity contribution in [3.8, 4) is 0 Å². The molecular formula is C8H14O. The fourth-order valence-electron chi connectivity index (χ4n) is 1.55. The predicted octanol–water partition coefficient (Wildman–Crippen LogP) is 2.01. The van der Waals surface area contributed by atoms with Gasteiger partial charge in [0.2, 0.25) is 0 Å². The van der Waals surface area contributed by atoms with E-state index in [9.17, 15) is 4.79 Å². The number of aldehydes is 1. The fourth-order valence-corrected chi connectivity index (χ4v) is 1.55. The highest BCUT2D eigenvalue weighted by Crippen LogP contribution is 2.27. The first-order valence-corrected chi connectivity index (χ1v) is 3.80. The molecule has 0 spiro atoms. The topological polar surface area (TPSA) is 17.1 Å². The van der Waals surface area contributed by atoms with Crippen molar-refractivity contribution in [2.75, 3.05) is 0 Å². The van der Waals surface area contributed by atoms with Crippen LogP contribution in [0.2, 0.25) is 0 Å². The number of carbonyl (C=O) groups excluding carboxylic acids is 1. The van der Waals surface area contributed by atoms with Crippen LogP contribution < -0.4 is 0 Å². The molecule has 1 saturated carbocycles. The lowest BCUT2D eigenvalue weighted by atomic mass is 9.81. The summed E-state index contributed by atoms with van der Waals surface area (Å²) in [7, 11) is 0. The van der Waals surface area contributed by atoms with Gasteiger partial charge in [-0.15, -0.1) is 0 Å². The van der Waals surface area contributed by atoms with Crippen LogP contribution in [0.25, 0.3) is 0 Å². The Morgan fingerprint density at radius 1 is 1.33 bits per heavy atom. The molecule has 0 bridgehead atoms. The molecule has 0 radical (unpaired) electrons. The van der Waals surface area contributed by atoms with Gasteiger partial charge in [0.25, 0.3) is 0 Å². The van der Waals surface area contributed by atoms with Crippen LogP contribution >= 0.6 is 0 Å². The van der Waals surface area contributed by atoms with Crippen molar-refractivity contribution < 1.29 is 4.79 Å². The third-order valence-electron chi connectivity index (χ3n) is 2.35. The average Bonchev–Trinajstić information content (AvgIpc) is 1.89. The minimum Gasteiger partial charge on any atom is -0.303 e. The van der Waals surface area contributed by atoms with Gasteiger partial charge in [-0.1, -0.05) is 26.2 Å². The lowest BCUT2D eigenvalue weighted by Crippen LogP contribution is -2.17. The van der Waals surface area contributed by atoms with Crippen LogP contribution in [-0.4, -0.2) is 6.29 Å². The molecule has 1 fully saturated rings. The van der Waals surface area contributed by atoms with Crippen molar-refractivity contribution >= 4 is 6.29 Å². The summed E-state index contributed by atoms with van der Waals surface area (Å²) in [5, 5.41) is 0. The van der Waals surface area contributed by atoms with Gasteiger partial charge >= 0.3 is 0 Å². The largest absolute Gasteiger partial charge is 0.303 e. The second-order valence-electron chi connectivity index (χ2n) is 3.06. The van der Waals surface area contributed by atoms with Crippen LogP contribution in [0, 0.1) is 11.8 Å². The van der Waals surface area contributed by atoms with E-state index in [1.807, 2.05) is 0 Å². The smallest absolute Gasteiger partial charge is 0.123 e. The lowest BCUT2D eigenvalue weighted by molar-refractivity contribution is -0.113. The summed E-state index contributed by atoms with van der Waals surface area (Å²) in [6, 6.07) is 0. The van der Waals surface area contributed by atoms with Crippen LogP contribution in [0.4, 0.5) is 0 Å². The molecule has 1 nitrogen and oxygen atoms in total. The number of carbonyl (C=O) groups is 1. The van der Waals surface area contributed by atoms with Gasteiger partial charge in [0, 0.05) is 5.92 Å². The lowest BCUT2D eigenvalue weighted by Gasteiger charge is -2.23. The first kappa shape index (κ1) is 6.79. The maximum Gasteiger partial charge on any atom is 0.123 e. The molecule has 0 saturated heterocycles. The Hall–Kier alpha value is -0.330. The molecule has 1 aliphatic rings. The Morgan fingerprint density at radius 3 is 2.44 bits per heavy atom. The third-order valence-corrected chi connectivity index (χ3v) is 2.35. The summed E-state index contributed by atoms with van der Waals surface area (Å²) in [5.41, 5.74) is 0. The summed E-state index contributed by atoms with van der Waals surface area (Å²) < 4.78 is 0. The van der Waals surface area contributed by atoms with Crippen LogP contribution in [0.5, 0.6) is 0 Å². The van der Waals surface area contributed by atoms with Crippen LogP contribution in [0.1, 0.15) is 32.6 Å². The molecule has 9 heavy (non-hydrogen) atoms. The van der Waals surface area contributed by atoms with E-state index in [2.05, 4.69) is 6.92 Å². The Morgan fingerprint density at radius 2 is 2.00 bits per heavy atom. The quantitative estimate of drug-likeness (QED) is 0.491. The summed E-state index contributed by atoms with van der Waals surface area (Å²) >= 11 is 0. The van der Waals surface area contributed by atoms with E-state index in [1.165, 1.54) is 19.3 Å². The summed E-state index contributed by atoms with van der Waals surface area (Å²) in [6.07, 6.45) is 6.09. The molecule has 2 atom stereocenters. The molecule has 0 aliphatic heterocycles. The van der Waals surface area contributed by atoms with Crippen molar-refractivity contribution in [2.24, 2.45) is 11.8 Å². The van der Waals surface area contributed by atoms with E-state index in [1.54, 1.807) is 0 Å². The van der Waals surface area contributed by atoms with Gasteiger partial charge in [-0.3, -0.25) is 0 Å². The normalized spacial score (nSPS) is 36.1. The highest BCUT2D eigenvalue weighted by molar-refractivity contribution is 5.54. The fraction of sp³-hybridized carbons (Fsp3) is 0.875. The van der Waals surface area contributed by atoms with E-state index in [4.69, 9.17) is 0 Å². The Balaban J connectivity index is 2.38. The van der Waals surface area contributed by atoms with E-state index in [0.29, 0.717) is 11.8 Å². The van der Waals surface area contributed by atoms with Gasteiger partial charge in [0.15, 0.2) is 0 Å². The van der Waals surface area contributed by atoms with Crippen molar-refractivity contribution in [1.29, 1.82) is 0 Å². The van der Waals surface area contributed by atoms with Gasteiger partial charge in [0.05, 0.1) is 0 Å². The average molecular weight is 126 g/mol. The minimum absolute atomic E-state index is 0.374. The number of hydrogen-bond acceptors (Lipinski definition) is 1. The minimum atomic E-state index is 0.374. The first-order valence-electron chi connectivity index (χ1n) is 3.80. The molecule has 1 heteroatoms. The number of rotatable bonds is 1. The zero-order chi connectivity index (χ0) is 6.69. The molecule has 0 heterocycles. The van der Waals surface area contributed by atoms with E-state index >= 15 is 0 Å². The molecular weight excluding hydrogens is 112 g/mol. The Bertz CT molecular complexity index is 98.7. The molecule has 52 valence electrons. The van der Waals surface area contributed by atoms with E-state index in [-0.39, 0.29) is 0 Å². The van der Waals surface area contributed by atoms with Crippen molar-refractivity contribution in [1.82, 2.24) is 0 Å².